The standard InChI is InChI=1S/C18H27N5O3S/c1-12(2)23-10-17(19-11-23)27(24,25)22-15-5-7-16(8-6-15)26-18-20-13(3)9-14(4)21-18/h9-12,15-16,22H,5-8H2,1-4H3. The summed E-state index contributed by atoms with van der Waals surface area (Å²) >= 11 is 0. The van der Waals surface area contributed by atoms with Gasteiger partial charge in [-0.25, -0.2) is 28.1 Å². The molecule has 148 valence electrons. The van der Waals surface area contributed by atoms with Gasteiger partial charge in [0.25, 0.3) is 10.0 Å². The van der Waals surface area contributed by atoms with Crippen LogP contribution in [0.1, 0.15) is 57.0 Å². The highest BCUT2D eigenvalue weighted by atomic mass is 32.2. The quantitative estimate of drug-likeness (QED) is 0.810. The molecule has 1 N–H and O–H groups in total. The van der Waals surface area contributed by atoms with Crippen molar-refractivity contribution < 1.29 is 13.2 Å². The lowest BCUT2D eigenvalue weighted by Gasteiger charge is -2.28. The van der Waals surface area contributed by atoms with E-state index in [0.717, 1.165) is 24.2 Å². The Hall–Kier alpha value is -2.00. The summed E-state index contributed by atoms with van der Waals surface area (Å²) in [6.45, 7) is 7.78. The second-order valence-electron chi connectivity index (χ2n) is 7.40. The molecule has 1 aliphatic carbocycles. The van der Waals surface area contributed by atoms with Crippen LogP contribution < -0.4 is 9.46 Å². The van der Waals surface area contributed by atoms with E-state index in [4.69, 9.17) is 4.74 Å². The van der Waals surface area contributed by atoms with Gasteiger partial charge >= 0.3 is 6.01 Å². The van der Waals surface area contributed by atoms with Crippen LogP contribution in [-0.4, -0.2) is 40.1 Å². The Morgan fingerprint density at radius 1 is 1.15 bits per heavy atom. The number of nitrogens with zero attached hydrogens (tertiary/aromatic N) is 4. The third kappa shape index (κ3) is 5.04. The molecule has 2 aromatic heterocycles. The first kappa shape index (κ1) is 19.8. The summed E-state index contributed by atoms with van der Waals surface area (Å²) in [6, 6.07) is 2.36. The Balaban J connectivity index is 1.55. The number of rotatable bonds is 6. The van der Waals surface area contributed by atoms with Gasteiger partial charge in [-0.2, -0.15) is 0 Å². The van der Waals surface area contributed by atoms with Crippen molar-refractivity contribution in [3.05, 3.63) is 30.0 Å². The third-order valence-electron chi connectivity index (χ3n) is 4.68. The number of hydrogen-bond acceptors (Lipinski definition) is 6. The van der Waals surface area contributed by atoms with Crippen LogP contribution in [0.4, 0.5) is 0 Å². The van der Waals surface area contributed by atoms with Crippen LogP contribution in [0.25, 0.3) is 0 Å². The fourth-order valence-electron chi connectivity index (χ4n) is 3.21. The molecule has 2 heterocycles. The SMILES string of the molecule is Cc1cc(C)nc(OC2CCC(NS(=O)(=O)c3cn(C(C)C)cn3)CC2)n1. The molecule has 0 amide bonds. The van der Waals surface area contributed by atoms with E-state index in [1.165, 1.54) is 0 Å². The van der Waals surface area contributed by atoms with E-state index < -0.39 is 10.0 Å². The van der Waals surface area contributed by atoms with E-state index in [1.807, 2.05) is 33.8 Å². The summed E-state index contributed by atoms with van der Waals surface area (Å²) in [5, 5.41) is 0.0678. The summed E-state index contributed by atoms with van der Waals surface area (Å²) in [5.74, 6) is 0. The highest BCUT2D eigenvalue weighted by molar-refractivity contribution is 7.89. The van der Waals surface area contributed by atoms with Crippen LogP contribution in [0.15, 0.2) is 23.6 Å². The summed E-state index contributed by atoms with van der Waals surface area (Å²) in [7, 11) is -3.61. The maximum absolute atomic E-state index is 12.5. The Bertz CT molecular complexity index is 866. The van der Waals surface area contributed by atoms with Gasteiger partial charge < -0.3 is 9.30 Å². The van der Waals surface area contributed by atoms with E-state index in [2.05, 4.69) is 19.7 Å². The molecule has 0 spiro atoms. The van der Waals surface area contributed by atoms with Gasteiger partial charge in [0.1, 0.15) is 6.10 Å². The maximum Gasteiger partial charge on any atom is 0.317 e. The summed E-state index contributed by atoms with van der Waals surface area (Å²) < 4.78 is 35.5. The van der Waals surface area contributed by atoms with Gasteiger partial charge in [-0.3, -0.25) is 0 Å². The molecule has 1 fully saturated rings. The third-order valence-corrected chi connectivity index (χ3v) is 6.08. The molecule has 0 aromatic carbocycles. The Kier molecular flexibility index (Phi) is 5.81. The number of nitrogens with one attached hydrogen (secondary N) is 1. The van der Waals surface area contributed by atoms with Gasteiger partial charge in [0.15, 0.2) is 5.03 Å². The lowest BCUT2D eigenvalue weighted by atomic mass is 9.94. The Labute approximate surface area is 160 Å². The molecular weight excluding hydrogens is 366 g/mol. The molecular formula is C18H27N5O3S. The monoisotopic (exact) mass is 393 g/mol. The highest BCUT2D eigenvalue weighted by Crippen LogP contribution is 2.24. The molecule has 1 aliphatic rings. The minimum Gasteiger partial charge on any atom is -0.460 e. The summed E-state index contributed by atoms with van der Waals surface area (Å²) in [4.78, 5) is 12.6. The average molecular weight is 394 g/mol. The van der Waals surface area contributed by atoms with Gasteiger partial charge in [0, 0.05) is 29.7 Å². The van der Waals surface area contributed by atoms with E-state index in [-0.39, 0.29) is 23.2 Å². The molecule has 0 unspecified atom stereocenters. The summed E-state index contributed by atoms with van der Waals surface area (Å²) in [6.07, 6.45) is 6.05. The minimum absolute atomic E-state index is 0.00658. The molecule has 1 saturated carbocycles. The van der Waals surface area contributed by atoms with Crippen molar-refractivity contribution in [3.8, 4) is 6.01 Å². The molecule has 2 aromatic rings. The lowest BCUT2D eigenvalue weighted by Crippen LogP contribution is -2.39. The van der Waals surface area contributed by atoms with E-state index in [0.29, 0.717) is 18.9 Å². The first-order chi connectivity index (χ1) is 12.7. The number of ether oxygens (including phenoxy) is 1. The Morgan fingerprint density at radius 3 is 2.33 bits per heavy atom. The molecule has 0 saturated heterocycles. The highest BCUT2D eigenvalue weighted by Gasteiger charge is 2.28. The molecule has 9 heteroatoms. The van der Waals surface area contributed by atoms with Crippen LogP contribution in [-0.2, 0) is 10.0 Å². The van der Waals surface area contributed by atoms with Gasteiger partial charge in [0.2, 0.25) is 0 Å². The van der Waals surface area contributed by atoms with Crippen molar-refractivity contribution in [3.63, 3.8) is 0 Å². The first-order valence-corrected chi connectivity index (χ1v) is 10.8. The predicted molar refractivity (Wildman–Crippen MR) is 101 cm³/mol. The van der Waals surface area contributed by atoms with Crippen molar-refractivity contribution in [2.24, 2.45) is 0 Å². The maximum atomic E-state index is 12.5. The smallest absolute Gasteiger partial charge is 0.317 e. The van der Waals surface area contributed by atoms with Crippen molar-refractivity contribution >= 4 is 10.0 Å². The van der Waals surface area contributed by atoms with Crippen LogP contribution in [0, 0.1) is 13.8 Å². The number of sulfonamides is 1. The topological polar surface area (TPSA) is 99.0 Å². The summed E-state index contributed by atoms with van der Waals surface area (Å²) in [5.41, 5.74) is 1.75. The van der Waals surface area contributed by atoms with Crippen LogP contribution >= 0.6 is 0 Å². The average Bonchev–Trinajstić information content (AvgIpc) is 3.07. The fraction of sp³-hybridized carbons (Fsp3) is 0.611. The number of aryl methyl sites for hydroxylation is 2. The molecule has 3 rings (SSSR count). The molecule has 8 nitrogen and oxygen atoms in total. The van der Waals surface area contributed by atoms with Gasteiger partial charge in [-0.1, -0.05) is 0 Å². The van der Waals surface area contributed by atoms with Crippen molar-refractivity contribution in [1.82, 2.24) is 24.2 Å². The van der Waals surface area contributed by atoms with E-state index >= 15 is 0 Å². The zero-order chi connectivity index (χ0) is 19.6. The zero-order valence-corrected chi connectivity index (χ0v) is 17.0. The van der Waals surface area contributed by atoms with Crippen LogP contribution in [0.2, 0.25) is 0 Å². The van der Waals surface area contributed by atoms with Crippen molar-refractivity contribution in [2.45, 2.75) is 76.6 Å². The largest absolute Gasteiger partial charge is 0.460 e. The van der Waals surface area contributed by atoms with E-state index in [9.17, 15) is 8.42 Å². The molecule has 27 heavy (non-hydrogen) atoms. The van der Waals surface area contributed by atoms with Crippen molar-refractivity contribution in [1.29, 1.82) is 0 Å². The Morgan fingerprint density at radius 2 is 1.78 bits per heavy atom. The minimum atomic E-state index is -3.61. The lowest BCUT2D eigenvalue weighted by molar-refractivity contribution is 0.131. The second-order valence-corrected chi connectivity index (χ2v) is 9.06. The second kappa shape index (κ2) is 7.93. The first-order valence-electron chi connectivity index (χ1n) is 9.27. The predicted octanol–water partition coefficient (Wildman–Crippen LogP) is 2.54. The van der Waals surface area contributed by atoms with Gasteiger partial charge in [0.05, 0.1) is 6.33 Å². The number of hydrogen-bond donors (Lipinski definition) is 1. The number of aromatic nitrogens is 4. The van der Waals surface area contributed by atoms with Gasteiger partial charge in [-0.05, 0) is 59.4 Å². The molecule has 0 aliphatic heterocycles. The molecule has 0 radical (unpaired) electrons. The van der Waals surface area contributed by atoms with Crippen LogP contribution in [0.3, 0.4) is 0 Å². The van der Waals surface area contributed by atoms with Crippen LogP contribution in [0.5, 0.6) is 6.01 Å². The number of imidazole rings is 1. The van der Waals surface area contributed by atoms with E-state index in [1.54, 1.807) is 17.1 Å². The zero-order valence-electron chi connectivity index (χ0n) is 16.2. The molecule has 0 atom stereocenters. The molecule has 0 bridgehead atoms. The van der Waals surface area contributed by atoms with Crippen molar-refractivity contribution in [2.75, 3.05) is 0 Å². The van der Waals surface area contributed by atoms with Gasteiger partial charge in [-0.15, -0.1) is 0 Å². The fourth-order valence-corrected chi connectivity index (χ4v) is 4.45. The normalized spacial score (nSPS) is 20.8.